The molecule has 1 unspecified atom stereocenters. The van der Waals surface area contributed by atoms with Crippen LogP contribution in [0.15, 0.2) is 12.2 Å². The molecule has 0 amide bonds. The van der Waals surface area contributed by atoms with E-state index in [0.717, 1.165) is 6.42 Å². The first kappa shape index (κ1) is 9.70. The normalized spacial score (nSPS) is 14.3. The fourth-order valence-corrected chi connectivity index (χ4v) is 0.775. The van der Waals surface area contributed by atoms with E-state index in [-0.39, 0.29) is 0 Å². The molecule has 0 aliphatic rings. The fraction of sp³-hybridized carbons (Fsp3) is 0.778. The van der Waals surface area contributed by atoms with Crippen molar-refractivity contribution in [2.75, 3.05) is 7.05 Å². The highest BCUT2D eigenvalue weighted by atomic mass is 14.8. The van der Waals surface area contributed by atoms with E-state index in [2.05, 4.69) is 31.3 Å². The van der Waals surface area contributed by atoms with Gasteiger partial charge in [-0.2, -0.15) is 0 Å². The zero-order chi connectivity index (χ0) is 7.82. The van der Waals surface area contributed by atoms with Crippen LogP contribution in [0.3, 0.4) is 0 Å². The smallest absolute Gasteiger partial charge is 0.00386 e. The average molecular weight is 141 g/mol. The van der Waals surface area contributed by atoms with E-state index in [0.29, 0.717) is 6.04 Å². The minimum atomic E-state index is 0.654. The van der Waals surface area contributed by atoms with Gasteiger partial charge in [0, 0.05) is 6.04 Å². The lowest BCUT2D eigenvalue weighted by Gasteiger charge is -2.06. The van der Waals surface area contributed by atoms with E-state index < -0.39 is 0 Å². The van der Waals surface area contributed by atoms with E-state index in [4.69, 9.17) is 0 Å². The molecule has 1 N–H and O–H groups in total. The molecule has 0 aromatic carbocycles. The summed E-state index contributed by atoms with van der Waals surface area (Å²) < 4.78 is 0. The van der Waals surface area contributed by atoms with Crippen molar-refractivity contribution in [3.63, 3.8) is 0 Å². The Bertz CT molecular complexity index is 86.7. The lowest BCUT2D eigenvalue weighted by Crippen LogP contribution is -2.20. The number of rotatable bonds is 5. The number of allylic oxidation sites excluding steroid dienone is 2. The van der Waals surface area contributed by atoms with Gasteiger partial charge in [0.1, 0.15) is 0 Å². The Morgan fingerprint density at radius 2 is 2.10 bits per heavy atom. The maximum Gasteiger partial charge on any atom is 0.00386 e. The van der Waals surface area contributed by atoms with Crippen molar-refractivity contribution in [2.45, 2.75) is 39.2 Å². The molecule has 10 heavy (non-hydrogen) atoms. The van der Waals surface area contributed by atoms with E-state index in [1.165, 1.54) is 12.8 Å². The molecular weight excluding hydrogens is 122 g/mol. The van der Waals surface area contributed by atoms with Gasteiger partial charge in [-0.05, 0) is 33.2 Å². The van der Waals surface area contributed by atoms with Crippen molar-refractivity contribution < 1.29 is 0 Å². The van der Waals surface area contributed by atoms with E-state index in [1.54, 1.807) is 0 Å². The molecule has 0 heterocycles. The fourth-order valence-electron chi connectivity index (χ4n) is 0.775. The predicted molar refractivity (Wildman–Crippen MR) is 47.2 cm³/mol. The molecule has 0 aromatic rings. The van der Waals surface area contributed by atoms with Gasteiger partial charge in [0.05, 0.1) is 0 Å². The van der Waals surface area contributed by atoms with Gasteiger partial charge < -0.3 is 5.32 Å². The van der Waals surface area contributed by atoms with Crippen LogP contribution in [0.5, 0.6) is 0 Å². The second-order valence-electron chi connectivity index (χ2n) is 2.65. The SMILES string of the molecule is CCC=CCCC(C)NC. The first-order chi connectivity index (χ1) is 4.81. The quantitative estimate of drug-likeness (QED) is 0.579. The molecule has 0 saturated carbocycles. The Morgan fingerprint density at radius 1 is 1.40 bits per heavy atom. The van der Waals surface area contributed by atoms with Crippen molar-refractivity contribution >= 4 is 0 Å². The Kier molecular flexibility index (Phi) is 6.61. The molecule has 0 saturated heterocycles. The van der Waals surface area contributed by atoms with Crippen molar-refractivity contribution in [3.8, 4) is 0 Å². The van der Waals surface area contributed by atoms with Gasteiger partial charge in [0.15, 0.2) is 0 Å². The molecule has 0 fully saturated rings. The minimum Gasteiger partial charge on any atom is -0.317 e. The van der Waals surface area contributed by atoms with Crippen LogP contribution < -0.4 is 5.32 Å². The zero-order valence-electron chi connectivity index (χ0n) is 7.35. The first-order valence-corrected chi connectivity index (χ1v) is 4.13. The summed E-state index contributed by atoms with van der Waals surface area (Å²) in [6, 6.07) is 0.654. The van der Waals surface area contributed by atoms with Crippen LogP contribution in [0.25, 0.3) is 0 Å². The van der Waals surface area contributed by atoms with E-state index >= 15 is 0 Å². The second-order valence-corrected chi connectivity index (χ2v) is 2.65. The van der Waals surface area contributed by atoms with Gasteiger partial charge in [0.2, 0.25) is 0 Å². The van der Waals surface area contributed by atoms with Gasteiger partial charge in [-0.25, -0.2) is 0 Å². The molecule has 0 aliphatic carbocycles. The third-order valence-corrected chi connectivity index (χ3v) is 1.66. The topological polar surface area (TPSA) is 12.0 Å². The number of hydrogen-bond acceptors (Lipinski definition) is 1. The lowest BCUT2D eigenvalue weighted by atomic mass is 10.2. The molecule has 1 heteroatoms. The third-order valence-electron chi connectivity index (χ3n) is 1.66. The largest absolute Gasteiger partial charge is 0.317 e. The summed E-state index contributed by atoms with van der Waals surface area (Å²) >= 11 is 0. The van der Waals surface area contributed by atoms with Crippen LogP contribution in [0.2, 0.25) is 0 Å². The minimum absolute atomic E-state index is 0.654. The average Bonchev–Trinajstić information content (AvgIpc) is 1.98. The van der Waals surface area contributed by atoms with Crippen LogP contribution in [0, 0.1) is 0 Å². The van der Waals surface area contributed by atoms with Crippen molar-refractivity contribution in [3.05, 3.63) is 12.2 Å². The van der Waals surface area contributed by atoms with Gasteiger partial charge >= 0.3 is 0 Å². The van der Waals surface area contributed by atoms with Gasteiger partial charge in [-0.15, -0.1) is 0 Å². The predicted octanol–water partition coefficient (Wildman–Crippen LogP) is 2.34. The second kappa shape index (κ2) is 6.81. The standard InChI is InChI=1S/C9H19N/c1-4-5-6-7-8-9(2)10-3/h5-6,9-10H,4,7-8H2,1-3H3. The highest BCUT2D eigenvalue weighted by Gasteiger charge is 1.92. The molecule has 0 aliphatic heterocycles. The van der Waals surface area contributed by atoms with Crippen LogP contribution in [0.1, 0.15) is 33.1 Å². The summed E-state index contributed by atoms with van der Waals surface area (Å²) in [5.74, 6) is 0. The van der Waals surface area contributed by atoms with Crippen molar-refractivity contribution in [1.29, 1.82) is 0 Å². The summed E-state index contributed by atoms with van der Waals surface area (Å²) in [6.45, 7) is 4.37. The van der Waals surface area contributed by atoms with Crippen LogP contribution in [-0.2, 0) is 0 Å². The molecular formula is C9H19N. The van der Waals surface area contributed by atoms with Gasteiger partial charge in [-0.3, -0.25) is 0 Å². The lowest BCUT2D eigenvalue weighted by molar-refractivity contribution is 0.570. The van der Waals surface area contributed by atoms with Crippen LogP contribution in [-0.4, -0.2) is 13.1 Å². The molecule has 0 bridgehead atoms. The Morgan fingerprint density at radius 3 is 2.60 bits per heavy atom. The Hall–Kier alpha value is -0.300. The number of hydrogen-bond donors (Lipinski definition) is 1. The monoisotopic (exact) mass is 141 g/mol. The molecule has 0 radical (unpaired) electrons. The highest BCUT2D eigenvalue weighted by molar-refractivity contribution is 4.81. The molecule has 0 aromatic heterocycles. The van der Waals surface area contributed by atoms with Gasteiger partial charge in [-0.1, -0.05) is 19.1 Å². The third kappa shape index (κ3) is 5.83. The van der Waals surface area contributed by atoms with E-state index in [1.807, 2.05) is 7.05 Å². The molecule has 60 valence electrons. The maximum atomic E-state index is 3.21. The Labute approximate surface area is 64.5 Å². The van der Waals surface area contributed by atoms with Gasteiger partial charge in [0.25, 0.3) is 0 Å². The summed E-state index contributed by atoms with van der Waals surface area (Å²) in [5.41, 5.74) is 0. The van der Waals surface area contributed by atoms with Crippen LogP contribution in [0.4, 0.5) is 0 Å². The van der Waals surface area contributed by atoms with E-state index in [9.17, 15) is 0 Å². The molecule has 0 spiro atoms. The Balaban J connectivity index is 3.10. The first-order valence-electron chi connectivity index (χ1n) is 4.13. The highest BCUT2D eigenvalue weighted by Crippen LogP contribution is 1.96. The molecule has 1 nitrogen and oxygen atoms in total. The zero-order valence-corrected chi connectivity index (χ0v) is 7.35. The number of nitrogens with one attached hydrogen (secondary N) is 1. The summed E-state index contributed by atoms with van der Waals surface area (Å²) in [4.78, 5) is 0. The van der Waals surface area contributed by atoms with Crippen molar-refractivity contribution in [1.82, 2.24) is 5.32 Å². The van der Waals surface area contributed by atoms with Crippen molar-refractivity contribution in [2.24, 2.45) is 0 Å². The molecule has 0 rings (SSSR count). The summed E-state index contributed by atoms with van der Waals surface area (Å²) in [6.07, 6.45) is 8.09. The summed E-state index contributed by atoms with van der Waals surface area (Å²) in [5, 5.41) is 3.21. The van der Waals surface area contributed by atoms with Crippen LogP contribution >= 0.6 is 0 Å². The maximum absolute atomic E-state index is 3.21. The summed E-state index contributed by atoms with van der Waals surface area (Å²) in [7, 11) is 2.01. The molecule has 1 atom stereocenters.